The molecule has 0 spiro atoms. The van der Waals surface area contributed by atoms with Gasteiger partial charge in [-0.3, -0.25) is 0 Å². The van der Waals surface area contributed by atoms with Gasteiger partial charge in [0.05, 0.1) is 5.60 Å². The Morgan fingerprint density at radius 3 is 2.21 bits per heavy atom. The fourth-order valence-electron chi connectivity index (χ4n) is 1.23. The predicted molar refractivity (Wildman–Crippen MR) is 59.3 cm³/mol. The first-order chi connectivity index (χ1) is 6.56. The monoisotopic (exact) mass is 203 g/mol. The van der Waals surface area contributed by atoms with E-state index in [9.17, 15) is 5.11 Å². The average molecular weight is 203 g/mol. The molecule has 3 nitrogen and oxygen atoms in total. The minimum atomic E-state index is -0.552. The Labute approximate surface area is 87.5 Å². The van der Waals surface area contributed by atoms with E-state index in [1.165, 1.54) is 6.42 Å². The number of nitrogens with one attached hydrogen (secondary N) is 1. The van der Waals surface area contributed by atoms with Crippen LogP contribution in [0.2, 0.25) is 0 Å². The van der Waals surface area contributed by atoms with Gasteiger partial charge in [-0.05, 0) is 46.2 Å². The van der Waals surface area contributed by atoms with Crippen molar-refractivity contribution in [3.05, 3.63) is 0 Å². The fourth-order valence-corrected chi connectivity index (χ4v) is 1.23. The van der Waals surface area contributed by atoms with Gasteiger partial charge in [-0.15, -0.1) is 0 Å². The summed E-state index contributed by atoms with van der Waals surface area (Å²) in [6.07, 6.45) is 5.17. The lowest BCUT2D eigenvalue weighted by atomic mass is 10.1. The van der Waals surface area contributed by atoms with Crippen LogP contribution in [0.3, 0.4) is 0 Å². The van der Waals surface area contributed by atoms with Crippen LogP contribution in [0.15, 0.2) is 0 Å². The minimum Gasteiger partial charge on any atom is -0.396 e. The average Bonchev–Trinajstić information content (AvgIpc) is 2.08. The van der Waals surface area contributed by atoms with E-state index in [1.807, 2.05) is 13.8 Å². The Morgan fingerprint density at radius 2 is 1.64 bits per heavy atom. The van der Waals surface area contributed by atoms with Gasteiger partial charge in [0.1, 0.15) is 0 Å². The van der Waals surface area contributed by atoms with E-state index in [1.54, 1.807) is 0 Å². The molecule has 14 heavy (non-hydrogen) atoms. The van der Waals surface area contributed by atoms with Crippen molar-refractivity contribution in [3.63, 3.8) is 0 Å². The van der Waals surface area contributed by atoms with Gasteiger partial charge in [-0.1, -0.05) is 12.8 Å². The summed E-state index contributed by atoms with van der Waals surface area (Å²) in [5.41, 5.74) is -0.552. The van der Waals surface area contributed by atoms with Crippen molar-refractivity contribution in [3.8, 4) is 0 Å². The van der Waals surface area contributed by atoms with Crippen molar-refractivity contribution >= 4 is 0 Å². The van der Waals surface area contributed by atoms with Crippen LogP contribution in [0, 0.1) is 0 Å². The Morgan fingerprint density at radius 1 is 1.00 bits per heavy atom. The highest BCUT2D eigenvalue weighted by atomic mass is 16.3. The van der Waals surface area contributed by atoms with Crippen LogP contribution >= 0.6 is 0 Å². The number of aliphatic hydroxyl groups is 2. The standard InChI is InChI=1S/C11H25NO2/c1-11(2,14)7-9-12-8-5-3-4-6-10-13/h12-14H,3-10H2,1-2H3. The molecule has 3 N–H and O–H groups in total. The molecule has 0 aliphatic rings. The third-order valence-corrected chi connectivity index (χ3v) is 2.18. The highest BCUT2D eigenvalue weighted by Gasteiger charge is 2.10. The molecule has 3 heteroatoms. The lowest BCUT2D eigenvalue weighted by molar-refractivity contribution is 0.0712. The van der Waals surface area contributed by atoms with Crippen molar-refractivity contribution in [2.45, 2.75) is 51.6 Å². The van der Waals surface area contributed by atoms with Gasteiger partial charge in [0.15, 0.2) is 0 Å². The first-order valence-corrected chi connectivity index (χ1v) is 5.60. The Kier molecular flexibility index (Phi) is 8.14. The topological polar surface area (TPSA) is 52.5 Å². The molecule has 0 aromatic rings. The van der Waals surface area contributed by atoms with Crippen molar-refractivity contribution in [1.29, 1.82) is 0 Å². The summed E-state index contributed by atoms with van der Waals surface area (Å²) in [6, 6.07) is 0. The molecular weight excluding hydrogens is 178 g/mol. The van der Waals surface area contributed by atoms with Gasteiger partial charge in [-0.25, -0.2) is 0 Å². The predicted octanol–water partition coefficient (Wildman–Crippen LogP) is 1.29. The van der Waals surface area contributed by atoms with Crippen LogP contribution in [0.25, 0.3) is 0 Å². The van der Waals surface area contributed by atoms with Crippen LogP contribution in [-0.2, 0) is 0 Å². The van der Waals surface area contributed by atoms with E-state index < -0.39 is 5.60 Å². The maximum atomic E-state index is 9.42. The van der Waals surface area contributed by atoms with Gasteiger partial charge in [-0.2, -0.15) is 0 Å². The summed E-state index contributed by atoms with van der Waals surface area (Å²) < 4.78 is 0. The van der Waals surface area contributed by atoms with E-state index in [4.69, 9.17) is 5.11 Å². The number of hydrogen-bond donors (Lipinski definition) is 3. The number of unbranched alkanes of at least 4 members (excludes halogenated alkanes) is 3. The van der Waals surface area contributed by atoms with E-state index >= 15 is 0 Å². The molecule has 0 fully saturated rings. The summed E-state index contributed by atoms with van der Waals surface area (Å²) in [6.45, 7) is 5.86. The van der Waals surface area contributed by atoms with E-state index in [0.717, 1.165) is 38.8 Å². The van der Waals surface area contributed by atoms with Crippen LogP contribution in [0.1, 0.15) is 46.0 Å². The molecule has 0 radical (unpaired) electrons. The normalized spacial score (nSPS) is 12.0. The second-order valence-corrected chi connectivity index (χ2v) is 4.45. The number of aliphatic hydroxyl groups excluding tert-OH is 1. The zero-order valence-corrected chi connectivity index (χ0v) is 9.55. The van der Waals surface area contributed by atoms with Crippen molar-refractivity contribution < 1.29 is 10.2 Å². The molecule has 0 atom stereocenters. The molecule has 0 aliphatic carbocycles. The summed E-state index contributed by atoms with van der Waals surface area (Å²) in [5, 5.41) is 21.3. The third kappa shape index (κ3) is 11.9. The maximum Gasteiger partial charge on any atom is 0.0603 e. The molecule has 0 unspecified atom stereocenters. The quantitative estimate of drug-likeness (QED) is 0.495. The molecule has 0 bridgehead atoms. The largest absolute Gasteiger partial charge is 0.396 e. The summed E-state index contributed by atoms with van der Waals surface area (Å²) in [5.74, 6) is 0. The molecule has 86 valence electrons. The van der Waals surface area contributed by atoms with Crippen molar-refractivity contribution in [2.75, 3.05) is 19.7 Å². The molecule has 0 rings (SSSR count). The SMILES string of the molecule is CC(C)(O)CCNCCCCCCO. The van der Waals surface area contributed by atoms with Crippen molar-refractivity contribution in [2.24, 2.45) is 0 Å². The number of rotatable bonds is 9. The summed E-state index contributed by atoms with van der Waals surface area (Å²) >= 11 is 0. The van der Waals surface area contributed by atoms with Crippen molar-refractivity contribution in [1.82, 2.24) is 5.32 Å². The second-order valence-electron chi connectivity index (χ2n) is 4.45. The van der Waals surface area contributed by atoms with Gasteiger partial charge in [0, 0.05) is 6.61 Å². The van der Waals surface area contributed by atoms with Gasteiger partial charge >= 0.3 is 0 Å². The van der Waals surface area contributed by atoms with E-state index in [0.29, 0.717) is 6.61 Å². The van der Waals surface area contributed by atoms with Crippen LogP contribution < -0.4 is 5.32 Å². The molecular formula is C11H25NO2. The number of hydrogen-bond acceptors (Lipinski definition) is 3. The first kappa shape index (κ1) is 13.9. The van der Waals surface area contributed by atoms with Gasteiger partial charge in [0.25, 0.3) is 0 Å². The smallest absolute Gasteiger partial charge is 0.0603 e. The summed E-state index contributed by atoms with van der Waals surface area (Å²) in [4.78, 5) is 0. The fraction of sp³-hybridized carbons (Fsp3) is 1.00. The Bertz CT molecular complexity index is 121. The zero-order chi connectivity index (χ0) is 10.9. The lowest BCUT2D eigenvalue weighted by Crippen LogP contribution is -2.27. The minimum absolute atomic E-state index is 0.312. The molecule has 0 amide bonds. The lowest BCUT2D eigenvalue weighted by Gasteiger charge is -2.16. The Balaban J connectivity index is 2.99. The van der Waals surface area contributed by atoms with Crippen LogP contribution in [-0.4, -0.2) is 35.5 Å². The molecule has 0 aliphatic heterocycles. The molecule has 0 saturated carbocycles. The molecule has 0 heterocycles. The van der Waals surface area contributed by atoms with Gasteiger partial charge < -0.3 is 15.5 Å². The second kappa shape index (κ2) is 8.21. The first-order valence-electron chi connectivity index (χ1n) is 5.60. The van der Waals surface area contributed by atoms with Gasteiger partial charge in [0.2, 0.25) is 0 Å². The van der Waals surface area contributed by atoms with Crippen LogP contribution in [0.5, 0.6) is 0 Å². The maximum absolute atomic E-state index is 9.42. The van der Waals surface area contributed by atoms with E-state index in [-0.39, 0.29) is 0 Å². The molecule has 0 saturated heterocycles. The highest BCUT2D eigenvalue weighted by Crippen LogP contribution is 2.05. The molecule has 0 aromatic heterocycles. The summed E-state index contributed by atoms with van der Waals surface area (Å²) in [7, 11) is 0. The van der Waals surface area contributed by atoms with E-state index in [2.05, 4.69) is 5.32 Å². The zero-order valence-electron chi connectivity index (χ0n) is 9.55. The Hall–Kier alpha value is -0.120. The molecule has 0 aromatic carbocycles. The van der Waals surface area contributed by atoms with Crippen LogP contribution in [0.4, 0.5) is 0 Å². The third-order valence-electron chi connectivity index (χ3n) is 2.18. The highest BCUT2D eigenvalue weighted by molar-refractivity contribution is 4.66.